The highest BCUT2D eigenvalue weighted by molar-refractivity contribution is 7.52. The van der Waals surface area contributed by atoms with Crippen LogP contribution in [0.25, 0.3) is 32.7 Å². The molecular weight excluding hydrogens is 581 g/mol. The number of nitrogens with one attached hydrogen (secondary N) is 1. The van der Waals surface area contributed by atoms with Gasteiger partial charge in [0.25, 0.3) is 0 Å². The van der Waals surface area contributed by atoms with E-state index in [1.165, 1.54) is 0 Å². The van der Waals surface area contributed by atoms with E-state index in [4.69, 9.17) is 29.2 Å². The highest BCUT2D eigenvalue weighted by Crippen LogP contribution is 2.48. The third-order valence-electron chi connectivity index (χ3n) is 6.91. The van der Waals surface area contributed by atoms with Crippen LogP contribution in [0.2, 0.25) is 0 Å². The standard InChI is InChI=1S/C32H38N5O6P/c1-6-40-19-28-35-29-30(25-15-9-10-16-26(25)34-31(29)33)37(28)18-21(4)42-44(39,36-22(5)32(38)41-20(2)3)43-27-17-11-13-23-12-7-8-14-24(23)27/h7-17,20-22H,6,18-19H2,1-5H3,(H2,33,34)(H,36,39)/t21-,22+,44?/m1/s1. The highest BCUT2D eigenvalue weighted by atomic mass is 31.2. The molecule has 2 aromatic heterocycles. The van der Waals surface area contributed by atoms with Crippen molar-refractivity contribution in [2.45, 2.75) is 66.0 Å². The summed E-state index contributed by atoms with van der Waals surface area (Å²) in [6.07, 6.45) is -1.04. The molecular formula is C32H38N5O6P. The second-order valence-electron chi connectivity index (χ2n) is 10.8. The summed E-state index contributed by atoms with van der Waals surface area (Å²) in [6.45, 7) is 9.68. The van der Waals surface area contributed by atoms with Crippen LogP contribution >= 0.6 is 7.75 Å². The molecule has 0 saturated carbocycles. The molecule has 44 heavy (non-hydrogen) atoms. The third kappa shape index (κ3) is 6.87. The van der Waals surface area contributed by atoms with Crippen molar-refractivity contribution >= 4 is 52.2 Å². The Hall–Kier alpha value is -4.02. The number of nitrogens with zero attached hydrogens (tertiary/aromatic N) is 3. The molecule has 1 unspecified atom stereocenters. The number of aromatic nitrogens is 3. The average molecular weight is 620 g/mol. The number of nitrogens with two attached hydrogens (primary N) is 1. The zero-order valence-electron chi connectivity index (χ0n) is 25.5. The summed E-state index contributed by atoms with van der Waals surface area (Å²) in [7, 11) is -4.18. The minimum atomic E-state index is -4.18. The number of imidazole rings is 1. The van der Waals surface area contributed by atoms with Crippen LogP contribution in [-0.2, 0) is 36.5 Å². The van der Waals surface area contributed by atoms with Crippen molar-refractivity contribution in [3.05, 3.63) is 72.6 Å². The minimum Gasteiger partial charge on any atom is -0.462 e. The lowest BCUT2D eigenvalue weighted by Gasteiger charge is -2.27. The first-order valence-electron chi connectivity index (χ1n) is 14.6. The van der Waals surface area contributed by atoms with Gasteiger partial charge in [0, 0.05) is 17.4 Å². The lowest BCUT2D eigenvalue weighted by Crippen LogP contribution is -2.37. The maximum absolute atomic E-state index is 14.5. The monoisotopic (exact) mass is 619 g/mol. The van der Waals surface area contributed by atoms with Gasteiger partial charge in [-0.25, -0.2) is 14.5 Å². The molecule has 2 heterocycles. The van der Waals surface area contributed by atoms with Crippen LogP contribution in [0.5, 0.6) is 5.75 Å². The molecule has 3 atom stereocenters. The quantitative estimate of drug-likeness (QED) is 0.113. The van der Waals surface area contributed by atoms with Crippen molar-refractivity contribution in [2.24, 2.45) is 0 Å². The zero-order chi connectivity index (χ0) is 31.4. The van der Waals surface area contributed by atoms with Gasteiger partial charge < -0.3 is 24.3 Å². The number of carbonyl (C=O) groups excluding carboxylic acids is 1. The lowest BCUT2D eigenvalue weighted by molar-refractivity contribution is -0.149. The largest absolute Gasteiger partial charge is 0.462 e. The van der Waals surface area contributed by atoms with Gasteiger partial charge in [0.2, 0.25) is 0 Å². The Bertz CT molecular complexity index is 1840. The maximum atomic E-state index is 14.5. The van der Waals surface area contributed by atoms with Gasteiger partial charge in [0.1, 0.15) is 29.7 Å². The van der Waals surface area contributed by atoms with E-state index < -0.39 is 25.9 Å². The normalized spacial score (nSPS) is 14.6. The molecule has 5 aromatic rings. The van der Waals surface area contributed by atoms with Gasteiger partial charge in [-0.3, -0.25) is 9.32 Å². The van der Waals surface area contributed by atoms with E-state index in [0.29, 0.717) is 29.5 Å². The van der Waals surface area contributed by atoms with E-state index in [1.807, 2.05) is 72.2 Å². The van der Waals surface area contributed by atoms with Crippen LogP contribution in [0.3, 0.4) is 0 Å². The Morgan fingerprint density at radius 3 is 2.43 bits per heavy atom. The molecule has 12 heteroatoms. The van der Waals surface area contributed by atoms with Crippen molar-refractivity contribution < 1.29 is 27.9 Å². The van der Waals surface area contributed by atoms with Crippen LogP contribution in [0, 0.1) is 0 Å². The summed E-state index contributed by atoms with van der Waals surface area (Å²) in [4.78, 5) is 22.0. The van der Waals surface area contributed by atoms with E-state index in [-0.39, 0.29) is 19.3 Å². The molecule has 0 amide bonds. The second-order valence-corrected chi connectivity index (χ2v) is 12.5. The molecule has 3 aromatic carbocycles. The molecule has 0 aliphatic rings. The number of rotatable bonds is 13. The number of esters is 1. The third-order valence-corrected chi connectivity index (χ3v) is 8.69. The zero-order valence-corrected chi connectivity index (χ0v) is 26.4. The highest BCUT2D eigenvalue weighted by Gasteiger charge is 2.35. The van der Waals surface area contributed by atoms with Crippen LogP contribution < -0.4 is 15.3 Å². The molecule has 0 aliphatic carbocycles. The van der Waals surface area contributed by atoms with Crippen LogP contribution in [0.4, 0.5) is 5.82 Å². The van der Waals surface area contributed by atoms with Crippen molar-refractivity contribution in [3.63, 3.8) is 0 Å². The van der Waals surface area contributed by atoms with Gasteiger partial charge in [-0.05, 0) is 52.1 Å². The number of nitrogen functional groups attached to an aromatic ring is 1. The van der Waals surface area contributed by atoms with Crippen LogP contribution in [0.1, 0.15) is 40.4 Å². The summed E-state index contributed by atoms with van der Waals surface area (Å²) in [5.74, 6) is 0.694. The topological polar surface area (TPSA) is 140 Å². The summed E-state index contributed by atoms with van der Waals surface area (Å²) in [5, 5.41) is 5.32. The summed E-state index contributed by atoms with van der Waals surface area (Å²) in [5.41, 5.74) is 8.37. The van der Waals surface area contributed by atoms with Crippen LogP contribution in [-0.4, -0.2) is 45.4 Å². The Morgan fingerprint density at radius 1 is 0.977 bits per heavy atom. The molecule has 3 N–H and O–H groups in total. The first-order valence-corrected chi connectivity index (χ1v) is 16.2. The van der Waals surface area contributed by atoms with E-state index in [0.717, 1.165) is 27.2 Å². The molecule has 5 rings (SSSR count). The Kier molecular flexibility index (Phi) is 9.51. The number of pyridine rings is 1. The number of para-hydroxylation sites is 1. The molecule has 0 radical (unpaired) electrons. The average Bonchev–Trinajstić information content (AvgIpc) is 3.34. The summed E-state index contributed by atoms with van der Waals surface area (Å²) in [6, 6.07) is 19.7. The van der Waals surface area contributed by atoms with Crippen LogP contribution in [0.15, 0.2) is 66.7 Å². The Labute approximate surface area is 256 Å². The number of ether oxygens (including phenoxy) is 2. The van der Waals surface area contributed by atoms with E-state index in [9.17, 15) is 9.36 Å². The molecule has 0 fully saturated rings. The lowest BCUT2D eigenvalue weighted by atomic mass is 10.1. The fraction of sp³-hybridized carbons (Fsp3) is 0.344. The van der Waals surface area contributed by atoms with Gasteiger partial charge in [-0.15, -0.1) is 0 Å². The smallest absolute Gasteiger partial charge is 0.459 e. The fourth-order valence-corrected chi connectivity index (χ4v) is 6.73. The number of hydrogen-bond donors (Lipinski definition) is 2. The number of carbonyl (C=O) groups is 1. The van der Waals surface area contributed by atoms with Crippen molar-refractivity contribution in [3.8, 4) is 5.75 Å². The van der Waals surface area contributed by atoms with Gasteiger partial charge in [0.05, 0.1) is 29.8 Å². The first kappa shape index (κ1) is 31.4. The van der Waals surface area contributed by atoms with E-state index >= 15 is 0 Å². The summed E-state index contributed by atoms with van der Waals surface area (Å²) >= 11 is 0. The van der Waals surface area contributed by atoms with Crippen molar-refractivity contribution in [2.75, 3.05) is 12.3 Å². The number of anilines is 1. The van der Waals surface area contributed by atoms with E-state index in [1.54, 1.807) is 33.8 Å². The molecule has 232 valence electrons. The number of hydrogen-bond acceptors (Lipinski definition) is 9. The van der Waals surface area contributed by atoms with E-state index in [2.05, 4.69) is 10.1 Å². The molecule has 0 saturated heterocycles. The van der Waals surface area contributed by atoms with Crippen molar-refractivity contribution in [1.29, 1.82) is 0 Å². The molecule has 0 bridgehead atoms. The number of fused-ring (bicyclic) bond motifs is 4. The van der Waals surface area contributed by atoms with Gasteiger partial charge in [0.15, 0.2) is 5.82 Å². The summed E-state index contributed by atoms with van der Waals surface area (Å²) < 4.78 is 39.9. The SMILES string of the molecule is CCOCc1nc2c(N)nc3ccccc3c2n1C[C@@H](C)OP(=O)(N[C@@H](C)C(=O)OC(C)C)Oc1cccc2ccccc12. The van der Waals surface area contributed by atoms with Gasteiger partial charge in [-0.1, -0.05) is 54.6 Å². The van der Waals surface area contributed by atoms with Gasteiger partial charge in [-0.2, -0.15) is 5.09 Å². The Morgan fingerprint density at radius 2 is 1.68 bits per heavy atom. The molecule has 0 aliphatic heterocycles. The molecule has 11 nitrogen and oxygen atoms in total. The number of benzene rings is 3. The fourth-order valence-electron chi connectivity index (χ4n) is 5.04. The second kappa shape index (κ2) is 13.3. The van der Waals surface area contributed by atoms with Crippen molar-refractivity contribution in [1.82, 2.24) is 19.6 Å². The first-order chi connectivity index (χ1) is 21.1. The molecule has 0 spiro atoms. The Balaban J connectivity index is 1.52. The van der Waals surface area contributed by atoms with Gasteiger partial charge >= 0.3 is 13.7 Å². The minimum absolute atomic E-state index is 0.224. The predicted octanol–water partition coefficient (Wildman–Crippen LogP) is 6.38. The predicted molar refractivity (Wildman–Crippen MR) is 171 cm³/mol. The maximum Gasteiger partial charge on any atom is 0.459 e.